The lowest BCUT2D eigenvalue weighted by molar-refractivity contribution is 0.163. The van der Waals surface area contributed by atoms with Gasteiger partial charge in [-0.15, -0.1) is 0 Å². The average Bonchev–Trinajstić information content (AvgIpc) is 2.53. The van der Waals surface area contributed by atoms with Crippen LogP contribution in [0, 0.1) is 0 Å². The van der Waals surface area contributed by atoms with Crippen molar-refractivity contribution in [3.05, 3.63) is 30.3 Å². The highest BCUT2D eigenvalue weighted by Gasteiger charge is 2.08. The molecule has 0 fully saturated rings. The van der Waals surface area contributed by atoms with Gasteiger partial charge in [0.25, 0.3) is 0 Å². The molecule has 0 spiro atoms. The van der Waals surface area contributed by atoms with Crippen molar-refractivity contribution in [2.75, 3.05) is 7.11 Å². The summed E-state index contributed by atoms with van der Waals surface area (Å²) in [5, 5.41) is 0. The van der Waals surface area contributed by atoms with Gasteiger partial charge >= 0.3 is 0 Å². The molecule has 0 amide bonds. The minimum Gasteiger partial charge on any atom is -0.370 e. The standard InChI is InChI=1S/C19H32OS/c1-3-4-5-6-7-8-9-10-14-17-19(20-2)21-18-15-12-11-13-16-18/h11-13,15-16,19H,3-10,14,17H2,1-2H3. The van der Waals surface area contributed by atoms with E-state index in [9.17, 15) is 0 Å². The van der Waals surface area contributed by atoms with Gasteiger partial charge in [0.1, 0.15) is 5.44 Å². The Labute approximate surface area is 135 Å². The van der Waals surface area contributed by atoms with Crippen molar-refractivity contribution >= 4 is 11.8 Å². The Balaban J connectivity index is 2.00. The molecule has 0 N–H and O–H groups in total. The summed E-state index contributed by atoms with van der Waals surface area (Å²) < 4.78 is 5.59. The zero-order chi connectivity index (χ0) is 15.2. The minimum atomic E-state index is 0.303. The maximum atomic E-state index is 5.59. The van der Waals surface area contributed by atoms with Crippen molar-refractivity contribution in [3.63, 3.8) is 0 Å². The van der Waals surface area contributed by atoms with Crippen LogP contribution in [0.3, 0.4) is 0 Å². The molecule has 1 rings (SSSR count). The van der Waals surface area contributed by atoms with Gasteiger partial charge in [-0.05, 0) is 25.0 Å². The van der Waals surface area contributed by atoms with Gasteiger partial charge < -0.3 is 4.74 Å². The van der Waals surface area contributed by atoms with Crippen LogP contribution in [0.1, 0.15) is 71.1 Å². The number of thioether (sulfide) groups is 1. The van der Waals surface area contributed by atoms with E-state index in [1.165, 1.54) is 62.7 Å². The summed E-state index contributed by atoms with van der Waals surface area (Å²) in [4.78, 5) is 1.31. The Morgan fingerprint density at radius 1 is 0.857 bits per heavy atom. The number of methoxy groups -OCH3 is 1. The molecule has 0 saturated heterocycles. The van der Waals surface area contributed by atoms with E-state index in [0.29, 0.717) is 5.44 Å². The highest BCUT2D eigenvalue weighted by Crippen LogP contribution is 2.27. The normalized spacial score (nSPS) is 12.5. The van der Waals surface area contributed by atoms with Crippen LogP contribution in [0.5, 0.6) is 0 Å². The fraction of sp³-hybridized carbons (Fsp3) is 0.684. The maximum absolute atomic E-state index is 5.59. The first-order valence-corrected chi connectivity index (χ1v) is 9.49. The monoisotopic (exact) mass is 308 g/mol. The Morgan fingerprint density at radius 3 is 2.00 bits per heavy atom. The second kappa shape index (κ2) is 13.2. The molecule has 0 saturated carbocycles. The van der Waals surface area contributed by atoms with Gasteiger partial charge in [-0.25, -0.2) is 0 Å². The molecule has 1 aromatic carbocycles. The van der Waals surface area contributed by atoms with Crippen molar-refractivity contribution in [1.82, 2.24) is 0 Å². The molecular weight excluding hydrogens is 276 g/mol. The second-order valence-electron chi connectivity index (χ2n) is 5.71. The summed E-state index contributed by atoms with van der Waals surface area (Å²) >= 11 is 1.84. The van der Waals surface area contributed by atoms with Gasteiger partial charge in [-0.1, -0.05) is 88.3 Å². The molecule has 120 valence electrons. The molecule has 0 aliphatic rings. The predicted octanol–water partition coefficient (Wildman–Crippen LogP) is 6.67. The molecule has 1 unspecified atom stereocenters. The van der Waals surface area contributed by atoms with Crippen LogP contribution < -0.4 is 0 Å². The van der Waals surface area contributed by atoms with Crippen LogP contribution in [0.15, 0.2) is 35.2 Å². The van der Waals surface area contributed by atoms with Gasteiger partial charge in [0.2, 0.25) is 0 Å². The van der Waals surface area contributed by atoms with E-state index >= 15 is 0 Å². The molecule has 0 aromatic heterocycles. The molecule has 1 atom stereocenters. The number of ether oxygens (including phenoxy) is 1. The number of benzene rings is 1. The highest BCUT2D eigenvalue weighted by molar-refractivity contribution is 7.99. The van der Waals surface area contributed by atoms with Crippen LogP contribution in [-0.2, 0) is 4.74 Å². The van der Waals surface area contributed by atoms with E-state index in [2.05, 4.69) is 37.3 Å². The first kappa shape index (κ1) is 18.6. The van der Waals surface area contributed by atoms with Crippen molar-refractivity contribution < 1.29 is 4.74 Å². The SMILES string of the molecule is CCCCCCCCCCCC(OC)Sc1ccccc1. The molecule has 21 heavy (non-hydrogen) atoms. The van der Waals surface area contributed by atoms with Crippen LogP contribution in [-0.4, -0.2) is 12.5 Å². The van der Waals surface area contributed by atoms with Crippen LogP contribution >= 0.6 is 11.8 Å². The lowest BCUT2D eigenvalue weighted by atomic mass is 10.1. The third kappa shape index (κ3) is 9.97. The van der Waals surface area contributed by atoms with Gasteiger partial charge in [-0.2, -0.15) is 0 Å². The molecular formula is C19H32OS. The summed E-state index contributed by atoms with van der Waals surface area (Å²) in [5.41, 5.74) is 0.303. The molecule has 2 heteroatoms. The van der Waals surface area contributed by atoms with E-state index in [0.717, 1.165) is 6.42 Å². The van der Waals surface area contributed by atoms with Crippen LogP contribution in [0.25, 0.3) is 0 Å². The number of hydrogen-bond acceptors (Lipinski definition) is 2. The van der Waals surface area contributed by atoms with Crippen LogP contribution in [0.4, 0.5) is 0 Å². The molecule has 0 aliphatic heterocycles. The van der Waals surface area contributed by atoms with Crippen molar-refractivity contribution in [1.29, 1.82) is 0 Å². The highest BCUT2D eigenvalue weighted by atomic mass is 32.2. The van der Waals surface area contributed by atoms with E-state index in [4.69, 9.17) is 4.74 Å². The van der Waals surface area contributed by atoms with E-state index in [1.54, 1.807) is 0 Å². The zero-order valence-corrected chi connectivity index (χ0v) is 14.7. The first-order valence-electron chi connectivity index (χ1n) is 8.61. The zero-order valence-electron chi connectivity index (χ0n) is 13.9. The van der Waals surface area contributed by atoms with Gasteiger partial charge in [0, 0.05) is 12.0 Å². The Kier molecular flexibility index (Phi) is 11.7. The average molecular weight is 309 g/mol. The molecule has 0 bridgehead atoms. The molecule has 1 aromatic rings. The van der Waals surface area contributed by atoms with Crippen molar-refractivity contribution in [3.8, 4) is 0 Å². The Morgan fingerprint density at radius 2 is 1.43 bits per heavy atom. The van der Waals surface area contributed by atoms with E-state index in [-0.39, 0.29) is 0 Å². The molecule has 1 nitrogen and oxygen atoms in total. The van der Waals surface area contributed by atoms with E-state index < -0.39 is 0 Å². The lowest BCUT2D eigenvalue weighted by Crippen LogP contribution is -2.04. The largest absolute Gasteiger partial charge is 0.370 e. The fourth-order valence-electron chi connectivity index (χ4n) is 2.50. The Bertz CT molecular complexity index is 326. The van der Waals surface area contributed by atoms with Gasteiger partial charge in [-0.3, -0.25) is 0 Å². The predicted molar refractivity (Wildman–Crippen MR) is 94.9 cm³/mol. The van der Waals surface area contributed by atoms with Crippen molar-refractivity contribution in [2.45, 2.75) is 81.5 Å². The minimum absolute atomic E-state index is 0.303. The lowest BCUT2D eigenvalue weighted by Gasteiger charge is -2.14. The first-order chi connectivity index (χ1) is 10.4. The Hall–Kier alpha value is -0.470. The third-order valence-corrected chi connectivity index (χ3v) is 5.05. The third-order valence-electron chi connectivity index (χ3n) is 3.82. The summed E-state index contributed by atoms with van der Waals surface area (Å²) in [6, 6.07) is 10.6. The molecule has 0 radical (unpaired) electrons. The number of hydrogen-bond donors (Lipinski definition) is 0. The molecule has 0 aliphatic carbocycles. The summed E-state index contributed by atoms with van der Waals surface area (Å²) in [6.07, 6.45) is 13.6. The van der Waals surface area contributed by atoms with Crippen LogP contribution in [0.2, 0.25) is 0 Å². The van der Waals surface area contributed by atoms with Gasteiger partial charge in [0.15, 0.2) is 0 Å². The summed E-state index contributed by atoms with van der Waals surface area (Å²) in [6.45, 7) is 2.28. The number of unbranched alkanes of at least 4 members (excludes halogenated alkanes) is 8. The maximum Gasteiger partial charge on any atom is 0.107 e. The summed E-state index contributed by atoms with van der Waals surface area (Å²) in [7, 11) is 1.83. The molecule has 0 heterocycles. The second-order valence-corrected chi connectivity index (χ2v) is 6.95. The quantitative estimate of drug-likeness (QED) is 0.228. The number of rotatable bonds is 13. The smallest absolute Gasteiger partial charge is 0.107 e. The topological polar surface area (TPSA) is 9.23 Å². The van der Waals surface area contributed by atoms with E-state index in [1.807, 2.05) is 18.9 Å². The van der Waals surface area contributed by atoms with Gasteiger partial charge in [0.05, 0.1) is 0 Å². The van der Waals surface area contributed by atoms with Crippen molar-refractivity contribution in [2.24, 2.45) is 0 Å². The fourth-order valence-corrected chi connectivity index (χ4v) is 3.50. The summed E-state index contributed by atoms with van der Waals surface area (Å²) in [5.74, 6) is 0.